The molecule has 2 N–H and O–H groups in total. The second-order valence-electron chi connectivity index (χ2n) is 5.91. The van der Waals surface area contributed by atoms with Crippen molar-refractivity contribution >= 4 is 11.6 Å². The number of methoxy groups -OCH3 is 1. The van der Waals surface area contributed by atoms with Gasteiger partial charge in [0.25, 0.3) is 0 Å². The number of carbonyl (C=O) groups is 1. The number of benzene rings is 1. The summed E-state index contributed by atoms with van der Waals surface area (Å²) in [5.74, 6) is 1.19. The highest BCUT2D eigenvalue weighted by molar-refractivity contribution is 5.91. The van der Waals surface area contributed by atoms with E-state index in [4.69, 9.17) is 4.74 Å². The molecule has 1 atom stereocenters. The van der Waals surface area contributed by atoms with Gasteiger partial charge < -0.3 is 15.4 Å². The van der Waals surface area contributed by atoms with Gasteiger partial charge in [0.15, 0.2) is 0 Å². The van der Waals surface area contributed by atoms with Gasteiger partial charge in [0.2, 0.25) is 5.91 Å². The quantitative estimate of drug-likeness (QED) is 0.847. The minimum atomic E-state index is 0.101. The second kappa shape index (κ2) is 8.15. The molecule has 1 amide bonds. The minimum Gasteiger partial charge on any atom is -0.380 e. The summed E-state index contributed by atoms with van der Waals surface area (Å²) in [7, 11) is 1.66. The number of amides is 1. The van der Waals surface area contributed by atoms with Gasteiger partial charge in [-0.15, -0.1) is 0 Å². The highest BCUT2D eigenvalue weighted by Gasteiger charge is 2.22. The Morgan fingerprint density at radius 3 is 2.81 bits per heavy atom. The van der Waals surface area contributed by atoms with Gasteiger partial charge in [-0.25, -0.2) is 0 Å². The van der Waals surface area contributed by atoms with Crippen molar-refractivity contribution in [2.45, 2.75) is 32.8 Å². The molecular weight excluding hydrogens is 264 g/mol. The molecule has 1 fully saturated rings. The summed E-state index contributed by atoms with van der Waals surface area (Å²) in [5, 5.41) is 6.40. The van der Waals surface area contributed by atoms with Gasteiger partial charge in [0, 0.05) is 24.8 Å². The first-order valence-corrected chi connectivity index (χ1v) is 7.78. The molecule has 4 nitrogen and oxygen atoms in total. The predicted molar refractivity (Wildman–Crippen MR) is 85.2 cm³/mol. The first-order valence-electron chi connectivity index (χ1n) is 7.78. The first kappa shape index (κ1) is 16.0. The molecule has 0 spiro atoms. The number of para-hydroxylation sites is 1. The van der Waals surface area contributed by atoms with E-state index in [2.05, 4.69) is 17.6 Å². The van der Waals surface area contributed by atoms with Gasteiger partial charge in [-0.3, -0.25) is 4.79 Å². The SMILES string of the molecule is COCc1ccccc1NC(=O)CC(C)C1CCNCC1. The van der Waals surface area contributed by atoms with E-state index in [0.717, 1.165) is 24.3 Å². The van der Waals surface area contributed by atoms with E-state index in [1.807, 2.05) is 24.3 Å². The van der Waals surface area contributed by atoms with E-state index in [9.17, 15) is 4.79 Å². The zero-order valence-corrected chi connectivity index (χ0v) is 13.0. The molecule has 0 aliphatic carbocycles. The van der Waals surface area contributed by atoms with Crippen LogP contribution >= 0.6 is 0 Å². The molecule has 116 valence electrons. The lowest BCUT2D eigenvalue weighted by Crippen LogP contribution is -2.32. The van der Waals surface area contributed by atoms with Crippen LogP contribution in [-0.2, 0) is 16.1 Å². The molecule has 0 saturated carbocycles. The third-order valence-electron chi connectivity index (χ3n) is 4.29. The number of carbonyl (C=O) groups excluding carboxylic acids is 1. The number of hydrogen-bond donors (Lipinski definition) is 2. The largest absolute Gasteiger partial charge is 0.380 e. The van der Waals surface area contributed by atoms with Crippen molar-refractivity contribution in [3.05, 3.63) is 29.8 Å². The Hall–Kier alpha value is -1.39. The van der Waals surface area contributed by atoms with Crippen LogP contribution in [-0.4, -0.2) is 26.1 Å². The summed E-state index contributed by atoms with van der Waals surface area (Å²) in [6, 6.07) is 7.81. The van der Waals surface area contributed by atoms with Crippen molar-refractivity contribution in [1.82, 2.24) is 5.32 Å². The van der Waals surface area contributed by atoms with Gasteiger partial charge in [0.05, 0.1) is 6.61 Å². The molecule has 4 heteroatoms. The zero-order chi connectivity index (χ0) is 15.1. The first-order chi connectivity index (χ1) is 10.2. The maximum atomic E-state index is 12.3. The number of nitrogens with one attached hydrogen (secondary N) is 2. The summed E-state index contributed by atoms with van der Waals surface area (Å²) in [4.78, 5) is 12.3. The second-order valence-corrected chi connectivity index (χ2v) is 5.91. The highest BCUT2D eigenvalue weighted by Crippen LogP contribution is 2.25. The minimum absolute atomic E-state index is 0.101. The fraction of sp³-hybridized carbons (Fsp3) is 0.588. The standard InChI is InChI=1S/C17H26N2O2/c1-13(14-7-9-18-10-8-14)11-17(20)19-16-6-4-3-5-15(16)12-21-2/h3-6,13-14,18H,7-12H2,1-2H3,(H,19,20). The Balaban J connectivity index is 1.89. The molecule has 1 unspecified atom stereocenters. The molecule has 1 aliphatic heterocycles. The van der Waals surface area contributed by atoms with Crippen LogP contribution in [0.5, 0.6) is 0 Å². The Morgan fingerprint density at radius 1 is 1.38 bits per heavy atom. The molecule has 0 aromatic heterocycles. The van der Waals surface area contributed by atoms with Crippen molar-refractivity contribution in [1.29, 1.82) is 0 Å². The van der Waals surface area contributed by atoms with E-state index >= 15 is 0 Å². The molecule has 0 radical (unpaired) electrons. The Morgan fingerprint density at radius 2 is 2.10 bits per heavy atom. The van der Waals surface area contributed by atoms with Crippen LogP contribution in [0.2, 0.25) is 0 Å². The van der Waals surface area contributed by atoms with Crippen LogP contribution in [0.25, 0.3) is 0 Å². The number of hydrogen-bond acceptors (Lipinski definition) is 3. The summed E-state index contributed by atoms with van der Waals surface area (Å²) in [5.41, 5.74) is 1.88. The van der Waals surface area contributed by atoms with Gasteiger partial charge in [-0.2, -0.15) is 0 Å². The molecule has 1 aromatic rings. The Labute approximate surface area is 127 Å². The lowest BCUT2D eigenvalue weighted by molar-refractivity contribution is -0.117. The Kier molecular flexibility index (Phi) is 6.21. The van der Waals surface area contributed by atoms with Crippen molar-refractivity contribution in [3.8, 4) is 0 Å². The molecule has 21 heavy (non-hydrogen) atoms. The normalized spacial score (nSPS) is 17.4. The smallest absolute Gasteiger partial charge is 0.224 e. The number of piperidine rings is 1. The van der Waals surface area contributed by atoms with Crippen LogP contribution < -0.4 is 10.6 Å². The number of ether oxygens (including phenoxy) is 1. The summed E-state index contributed by atoms with van der Waals surface area (Å²) in [6.45, 7) is 4.86. The molecule has 1 aromatic carbocycles. The zero-order valence-electron chi connectivity index (χ0n) is 13.0. The third-order valence-corrected chi connectivity index (χ3v) is 4.29. The van der Waals surface area contributed by atoms with E-state index in [1.165, 1.54) is 12.8 Å². The lowest BCUT2D eigenvalue weighted by Gasteiger charge is -2.28. The predicted octanol–water partition coefficient (Wildman–Crippen LogP) is 2.80. The topological polar surface area (TPSA) is 50.4 Å². The Bertz CT molecular complexity index is 456. The highest BCUT2D eigenvalue weighted by atomic mass is 16.5. The average molecular weight is 290 g/mol. The van der Waals surface area contributed by atoms with Crippen molar-refractivity contribution < 1.29 is 9.53 Å². The van der Waals surface area contributed by atoms with E-state index in [0.29, 0.717) is 24.9 Å². The fourth-order valence-corrected chi connectivity index (χ4v) is 3.00. The number of rotatable bonds is 6. The molecule has 2 rings (SSSR count). The van der Waals surface area contributed by atoms with E-state index in [-0.39, 0.29) is 5.91 Å². The average Bonchev–Trinajstić information content (AvgIpc) is 2.50. The lowest BCUT2D eigenvalue weighted by atomic mass is 9.84. The third kappa shape index (κ3) is 4.83. The van der Waals surface area contributed by atoms with Gasteiger partial charge >= 0.3 is 0 Å². The summed E-state index contributed by atoms with van der Waals surface area (Å²) < 4.78 is 5.17. The molecule has 0 bridgehead atoms. The van der Waals surface area contributed by atoms with E-state index in [1.54, 1.807) is 7.11 Å². The maximum Gasteiger partial charge on any atom is 0.224 e. The maximum absolute atomic E-state index is 12.3. The van der Waals surface area contributed by atoms with Crippen LogP contribution in [0.3, 0.4) is 0 Å². The van der Waals surface area contributed by atoms with Crippen molar-refractivity contribution in [2.75, 3.05) is 25.5 Å². The molecule has 1 heterocycles. The van der Waals surface area contributed by atoms with Crippen molar-refractivity contribution in [2.24, 2.45) is 11.8 Å². The van der Waals surface area contributed by atoms with Crippen LogP contribution in [0.1, 0.15) is 31.7 Å². The molecular formula is C17H26N2O2. The van der Waals surface area contributed by atoms with Gasteiger partial charge in [-0.1, -0.05) is 25.1 Å². The molecule has 1 saturated heterocycles. The van der Waals surface area contributed by atoms with Crippen molar-refractivity contribution in [3.63, 3.8) is 0 Å². The van der Waals surface area contributed by atoms with E-state index < -0.39 is 0 Å². The summed E-state index contributed by atoms with van der Waals surface area (Å²) in [6.07, 6.45) is 2.94. The van der Waals surface area contributed by atoms with Gasteiger partial charge in [0.1, 0.15) is 0 Å². The summed E-state index contributed by atoms with van der Waals surface area (Å²) >= 11 is 0. The number of anilines is 1. The molecule has 1 aliphatic rings. The van der Waals surface area contributed by atoms with Crippen LogP contribution in [0.15, 0.2) is 24.3 Å². The van der Waals surface area contributed by atoms with Gasteiger partial charge in [-0.05, 0) is 43.8 Å². The van der Waals surface area contributed by atoms with Crippen LogP contribution in [0.4, 0.5) is 5.69 Å². The van der Waals surface area contributed by atoms with Crippen LogP contribution in [0, 0.1) is 11.8 Å². The fourth-order valence-electron chi connectivity index (χ4n) is 3.00. The monoisotopic (exact) mass is 290 g/mol.